The second kappa shape index (κ2) is 13.9. The smallest absolute Gasteiger partial charge is 0.307 e. The molecule has 0 amide bonds. The Morgan fingerprint density at radius 2 is 1.92 bits per heavy atom. The SMILES string of the molecule is CCNC(=NCCC(O)c1ccccc1)NCCC(=O)OC(C)C.I. The van der Waals surface area contributed by atoms with E-state index >= 15 is 0 Å². The summed E-state index contributed by atoms with van der Waals surface area (Å²) in [5, 5.41) is 16.3. The first-order chi connectivity index (χ1) is 11.5. The van der Waals surface area contributed by atoms with Gasteiger partial charge in [0.2, 0.25) is 0 Å². The van der Waals surface area contributed by atoms with Gasteiger partial charge >= 0.3 is 5.97 Å². The number of ether oxygens (including phenoxy) is 1. The normalized spacial score (nSPS) is 12.3. The van der Waals surface area contributed by atoms with E-state index in [1.807, 2.05) is 51.1 Å². The Bertz CT molecular complexity index is 510. The van der Waals surface area contributed by atoms with E-state index < -0.39 is 6.10 Å². The van der Waals surface area contributed by atoms with Crippen LogP contribution >= 0.6 is 24.0 Å². The monoisotopic (exact) mass is 463 g/mol. The van der Waals surface area contributed by atoms with Gasteiger partial charge in [-0.2, -0.15) is 0 Å². The molecule has 0 saturated heterocycles. The van der Waals surface area contributed by atoms with Gasteiger partial charge in [-0.3, -0.25) is 9.79 Å². The molecule has 3 N–H and O–H groups in total. The molecule has 0 fully saturated rings. The fourth-order valence-corrected chi connectivity index (χ4v) is 2.09. The van der Waals surface area contributed by atoms with Gasteiger partial charge in [-0.15, -0.1) is 24.0 Å². The predicted octanol–water partition coefficient (Wildman–Crippen LogP) is 2.62. The third-order valence-corrected chi connectivity index (χ3v) is 3.19. The van der Waals surface area contributed by atoms with Crippen molar-refractivity contribution in [2.24, 2.45) is 4.99 Å². The Labute approximate surface area is 167 Å². The average Bonchev–Trinajstić information content (AvgIpc) is 2.54. The van der Waals surface area contributed by atoms with Crippen LogP contribution in [0.15, 0.2) is 35.3 Å². The number of aliphatic hydroxyl groups is 1. The fraction of sp³-hybridized carbons (Fsp3) is 0.556. The van der Waals surface area contributed by atoms with E-state index in [1.54, 1.807) is 0 Å². The summed E-state index contributed by atoms with van der Waals surface area (Å²) >= 11 is 0. The van der Waals surface area contributed by atoms with Gasteiger partial charge in [0, 0.05) is 19.6 Å². The molecule has 1 rings (SSSR count). The standard InChI is InChI=1S/C18H29N3O3.HI/c1-4-19-18(21-13-11-17(23)24-14(2)3)20-12-10-16(22)15-8-6-5-7-9-15;/h5-9,14,16,22H,4,10-13H2,1-3H3,(H2,19,20,21);1H. The van der Waals surface area contributed by atoms with Gasteiger partial charge in [0.15, 0.2) is 5.96 Å². The molecule has 1 atom stereocenters. The quantitative estimate of drug-likeness (QED) is 0.227. The van der Waals surface area contributed by atoms with Crippen molar-refractivity contribution in [2.45, 2.75) is 45.8 Å². The van der Waals surface area contributed by atoms with Crippen molar-refractivity contribution in [3.63, 3.8) is 0 Å². The molecule has 0 radical (unpaired) electrons. The molecular weight excluding hydrogens is 433 g/mol. The van der Waals surface area contributed by atoms with Gasteiger partial charge in [0.25, 0.3) is 0 Å². The van der Waals surface area contributed by atoms with E-state index in [4.69, 9.17) is 4.74 Å². The minimum atomic E-state index is -0.529. The Kier molecular flexibility index (Phi) is 13.1. The van der Waals surface area contributed by atoms with E-state index in [0.717, 1.165) is 12.1 Å². The maximum Gasteiger partial charge on any atom is 0.307 e. The lowest BCUT2D eigenvalue weighted by Crippen LogP contribution is -2.38. The molecule has 0 saturated carbocycles. The number of aliphatic hydroxyl groups excluding tert-OH is 1. The van der Waals surface area contributed by atoms with Crippen LogP contribution < -0.4 is 10.6 Å². The number of carbonyl (C=O) groups excluding carboxylic acids is 1. The van der Waals surface area contributed by atoms with Crippen LogP contribution in [0.25, 0.3) is 0 Å². The molecule has 142 valence electrons. The molecule has 1 aromatic carbocycles. The summed E-state index contributed by atoms with van der Waals surface area (Å²) in [7, 11) is 0. The highest BCUT2D eigenvalue weighted by molar-refractivity contribution is 14.0. The van der Waals surface area contributed by atoms with Crippen molar-refractivity contribution in [1.29, 1.82) is 0 Å². The number of hydrogen-bond acceptors (Lipinski definition) is 4. The summed E-state index contributed by atoms with van der Waals surface area (Å²) < 4.78 is 5.08. The number of hydrogen-bond donors (Lipinski definition) is 3. The van der Waals surface area contributed by atoms with Crippen molar-refractivity contribution >= 4 is 35.9 Å². The highest BCUT2D eigenvalue weighted by atomic mass is 127. The van der Waals surface area contributed by atoms with Gasteiger partial charge in [-0.05, 0) is 32.8 Å². The Morgan fingerprint density at radius 3 is 2.52 bits per heavy atom. The highest BCUT2D eigenvalue weighted by Gasteiger charge is 2.07. The molecule has 25 heavy (non-hydrogen) atoms. The zero-order chi connectivity index (χ0) is 17.8. The summed E-state index contributed by atoms with van der Waals surface area (Å²) in [4.78, 5) is 15.9. The van der Waals surface area contributed by atoms with Crippen molar-refractivity contribution < 1.29 is 14.6 Å². The summed E-state index contributed by atoms with van der Waals surface area (Å²) in [6.07, 6.45) is 0.198. The highest BCUT2D eigenvalue weighted by Crippen LogP contribution is 2.15. The average molecular weight is 463 g/mol. The molecule has 0 aliphatic carbocycles. The molecule has 0 spiro atoms. The zero-order valence-electron chi connectivity index (χ0n) is 15.2. The zero-order valence-corrected chi connectivity index (χ0v) is 17.5. The van der Waals surface area contributed by atoms with Gasteiger partial charge in [-0.25, -0.2) is 0 Å². The Balaban J connectivity index is 0.00000576. The first-order valence-electron chi connectivity index (χ1n) is 8.47. The van der Waals surface area contributed by atoms with E-state index in [0.29, 0.717) is 25.5 Å². The number of aliphatic imine (C=N–C) groups is 1. The van der Waals surface area contributed by atoms with Crippen LogP contribution in [-0.2, 0) is 9.53 Å². The molecule has 7 heteroatoms. The maximum atomic E-state index is 11.5. The summed E-state index contributed by atoms with van der Waals surface area (Å²) in [5.74, 6) is 0.406. The van der Waals surface area contributed by atoms with E-state index in [2.05, 4.69) is 15.6 Å². The van der Waals surface area contributed by atoms with Crippen LogP contribution in [0, 0.1) is 0 Å². The molecular formula is C18H30IN3O3. The van der Waals surface area contributed by atoms with Crippen LogP contribution in [-0.4, -0.2) is 42.8 Å². The number of guanidine groups is 1. The second-order valence-corrected chi connectivity index (χ2v) is 5.69. The molecule has 0 heterocycles. The summed E-state index contributed by atoms with van der Waals surface area (Å²) in [6, 6.07) is 9.54. The number of esters is 1. The van der Waals surface area contributed by atoms with Crippen LogP contribution in [0.1, 0.15) is 45.3 Å². The van der Waals surface area contributed by atoms with Crippen LogP contribution in [0.4, 0.5) is 0 Å². The molecule has 1 aromatic rings. The van der Waals surface area contributed by atoms with Crippen LogP contribution in [0.3, 0.4) is 0 Å². The minimum absolute atomic E-state index is 0. The van der Waals surface area contributed by atoms with E-state index in [1.165, 1.54) is 0 Å². The Hall–Kier alpha value is -1.35. The molecule has 1 unspecified atom stereocenters. The summed E-state index contributed by atoms with van der Waals surface area (Å²) in [6.45, 7) is 7.30. The number of halogens is 1. The topological polar surface area (TPSA) is 83.0 Å². The van der Waals surface area contributed by atoms with Crippen molar-refractivity contribution in [2.75, 3.05) is 19.6 Å². The lowest BCUT2D eigenvalue weighted by Gasteiger charge is -2.13. The van der Waals surface area contributed by atoms with Gasteiger partial charge < -0.3 is 20.5 Å². The molecule has 0 aliphatic rings. The largest absolute Gasteiger partial charge is 0.463 e. The maximum absolute atomic E-state index is 11.5. The number of rotatable bonds is 9. The fourth-order valence-electron chi connectivity index (χ4n) is 2.09. The lowest BCUT2D eigenvalue weighted by atomic mass is 10.1. The molecule has 0 aliphatic heterocycles. The lowest BCUT2D eigenvalue weighted by molar-refractivity contribution is -0.147. The van der Waals surface area contributed by atoms with Gasteiger partial charge in [0.1, 0.15) is 0 Å². The van der Waals surface area contributed by atoms with Crippen molar-refractivity contribution in [3.05, 3.63) is 35.9 Å². The number of nitrogens with zero attached hydrogens (tertiary/aromatic N) is 1. The van der Waals surface area contributed by atoms with Crippen LogP contribution in [0.2, 0.25) is 0 Å². The van der Waals surface area contributed by atoms with E-state index in [9.17, 15) is 9.90 Å². The third kappa shape index (κ3) is 11.0. The molecule has 6 nitrogen and oxygen atoms in total. The number of carbonyl (C=O) groups is 1. The Morgan fingerprint density at radius 1 is 1.24 bits per heavy atom. The second-order valence-electron chi connectivity index (χ2n) is 5.69. The van der Waals surface area contributed by atoms with Gasteiger partial charge in [0.05, 0.1) is 18.6 Å². The predicted molar refractivity (Wildman–Crippen MR) is 111 cm³/mol. The first-order valence-corrected chi connectivity index (χ1v) is 8.47. The van der Waals surface area contributed by atoms with Crippen molar-refractivity contribution in [1.82, 2.24) is 10.6 Å². The van der Waals surface area contributed by atoms with Crippen molar-refractivity contribution in [3.8, 4) is 0 Å². The van der Waals surface area contributed by atoms with E-state index in [-0.39, 0.29) is 42.5 Å². The molecule has 0 aromatic heterocycles. The minimum Gasteiger partial charge on any atom is -0.463 e. The molecule has 0 bridgehead atoms. The third-order valence-electron chi connectivity index (χ3n) is 3.19. The number of benzene rings is 1. The van der Waals surface area contributed by atoms with Crippen LogP contribution in [0.5, 0.6) is 0 Å². The first kappa shape index (κ1) is 23.6. The van der Waals surface area contributed by atoms with Gasteiger partial charge in [-0.1, -0.05) is 30.3 Å². The number of nitrogens with one attached hydrogen (secondary N) is 2. The summed E-state index contributed by atoms with van der Waals surface area (Å²) in [5.41, 5.74) is 0.891.